The third-order valence-electron chi connectivity index (χ3n) is 3.84. The van der Waals surface area contributed by atoms with Gasteiger partial charge in [0.05, 0.1) is 26.2 Å². The van der Waals surface area contributed by atoms with Crippen molar-refractivity contribution in [2.75, 3.05) is 26.4 Å². The molecule has 0 aliphatic carbocycles. The van der Waals surface area contributed by atoms with Crippen LogP contribution in [0, 0.1) is 0 Å². The first kappa shape index (κ1) is 19.0. The molecule has 0 bridgehead atoms. The van der Waals surface area contributed by atoms with Gasteiger partial charge in [-0.25, -0.2) is 17.7 Å². The molecular formula is C17H19N3O3S3. The summed E-state index contributed by atoms with van der Waals surface area (Å²) in [5.41, 5.74) is 0.960. The Kier molecular flexibility index (Phi) is 5.71. The largest absolute Gasteiger partial charge is 0.351 e. The standard InChI is InChI=1S/C17H19N3O3S3/c1-20(26(2,22)23)11-5-10-18-16(21)14-8-9-15(24-14)17-19-12-6-3-4-7-13(12)25-17/h3-4,6-9H,5,10-11H2,1-2H3,(H,18,21). The van der Waals surface area contributed by atoms with Gasteiger partial charge >= 0.3 is 0 Å². The van der Waals surface area contributed by atoms with Crippen LogP contribution in [0.4, 0.5) is 0 Å². The molecule has 1 aromatic carbocycles. The van der Waals surface area contributed by atoms with Crippen molar-refractivity contribution in [2.24, 2.45) is 0 Å². The van der Waals surface area contributed by atoms with Crippen molar-refractivity contribution in [3.05, 3.63) is 41.3 Å². The summed E-state index contributed by atoms with van der Waals surface area (Å²) in [7, 11) is -1.65. The number of para-hydroxylation sites is 1. The van der Waals surface area contributed by atoms with Crippen LogP contribution in [0.25, 0.3) is 20.1 Å². The Balaban J connectivity index is 1.58. The van der Waals surface area contributed by atoms with Crippen molar-refractivity contribution in [2.45, 2.75) is 6.42 Å². The van der Waals surface area contributed by atoms with Gasteiger partial charge in [-0.3, -0.25) is 4.79 Å². The van der Waals surface area contributed by atoms with E-state index in [1.807, 2.05) is 30.3 Å². The van der Waals surface area contributed by atoms with Crippen molar-refractivity contribution in [1.29, 1.82) is 0 Å². The van der Waals surface area contributed by atoms with E-state index in [0.717, 1.165) is 20.1 Å². The Morgan fingerprint density at radius 2 is 1.96 bits per heavy atom. The molecule has 138 valence electrons. The molecule has 0 aliphatic rings. The molecule has 26 heavy (non-hydrogen) atoms. The number of sulfonamides is 1. The zero-order valence-corrected chi connectivity index (χ0v) is 16.9. The molecule has 1 amide bonds. The number of nitrogens with one attached hydrogen (secondary N) is 1. The second-order valence-corrected chi connectivity index (χ2v) is 10.0. The molecule has 0 saturated carbocycles. The fourth-order valence-corrected chi connectivity index (χ4v) is 4.71. The van der Waals surface area contributed by atoms with Gasteiger partial charge in [0, 0.05) is 20.1 Å². The summed E-state index contributed by atoms with van der Waals surface area (Å²) in [6, 6.07) is 11.7. The molecule has 2 heterocycles. The van der Waals surface area contributed by atoms with Crippen LogP contribution in [0.3, 0.4) is 0 Å². The minimum atomic E-state index is -3.18. The summed E-state index contributed by atoms with van der Waals surface area (Å²) < 4.78 is 25.0. The third-order valence-corrected chi connectivity index (χ3v) is 7.44. The number of carbonyl (C=O) groups is 1. The molecule has 0 aliphatic heterocycles. The molecule has 1 N–H and O–H groups in total. The van der Waals surface area contributed by atoms with E-state index in [1.165, 1.54) is 28.9 Å². The van der Waals surface area contributed by atoms with E-state index in [1.54, 1.807) is 17.4 Å². The molecule has 3 aromatic rings. The lowest BCUT2D eigenvalue weighted by atomic mass is 10.3. The summed E-state index contributed by atoms with van der Waals surface area (Å²) in [5.74, 6) is -0.149. The van der Waals surface area contributed by atoms with Crippen molar-refractivity contribution in [3.63, 3.8) is 0 Å². The molecule has 9 heteroatoms. The molecule has 0 atom stereocenters. The van der Waals surface area contributed by atoms with Crippen LogP contribution in [0.15, 0.2) is 36.4 Å². The highest BCUT2D eigenvalue weighted by molar-refractivity contribution is 7.88. The predicted molar refractivity (Wildman–Crippen MR) is 107 cm³/mol. The van der Waals surface area contributed by atoms with Gasteiger partial charge in [0.15, 0.2) is 0 Å². The zero-order chi connectivity index (χ0) is 18.7. The Labute approximate surface area is 160 Å². The van der Waals surface area contributed by atoms with Gasteiger partial charge in [-0.05, 0) is 30.7 Å². The van der Waals surface area contributed by atoms with Crippen LogP contribution in [0.5, 0.6) is 0 Å². The maximum atomic E-state index is 12.3. The van der Waals surface area contributed by atoms with Crippen LogP contribution in [-0.2, 0) is 10.0 Å². The Morgan fingerprint density at radius 3 is 2.69 bits per heavy atom. The SMILES string of the molecule is CN(CCCNC(=O)c1ccc(-c2nc3ccccc3s2)s1)S(C)(=O)=O. The quantitative estimate of drug-likeness (QED) is 0.608. The number of nitrogens with zero attached hydrogens (tertiary/aromatic N) is 2. The van der Waals surface area contributed by atoms with Gasteiger partial charge in [-0.2, -0.15) is 0 Å². The number of rotatable bonds is 7. The molecule has 0 saturated heterocycles. The van der Waals surface area contributed by atoms with Gasteiger partial charge in [0.2, 0.25) is 10.0 Å². The summed E-state index contributed by atoms with van der Waals surface area (Å²) in [4.78, 5) is 18.4. The molecule has 0 spiro atoms. The number of carbonyl (C=O) groups excluding carboxylic acids is 1. The first-order chi connectivity index (χ1) is 12.3. The van der Waals surface area contributed by atoms with E-state index in [4.69, 9.17) is 0 Å². The summed E-state index contributed by atoms with van der Waals surface area (Å²) in [6.07, 6.45) is 1.73. The Morgan fingerprint density at radius 1 is 1.19 bits per heavy atom. The summed E-state index contributed by atoms with van der Waals surface area (Å²) in [5, 5.41) is 3.74. The van der Waals surface area contributed by atoms with E-state index in [-0.39, 0.29) is 5.91 Å². The molecule has 0 radical (unpaired) electrons. The normalized spacial score (nSPS) is 12.0. The minimum Gasteiger partial charge on any atom is -0.351 e. The fraction of sp³-hybridized carbons (Fsp3) is 0.294. The topological polar surface area (TPSA) is 79.4 Å². The highest BCUT2D eigenvalue weighted by Crippen LogP contribution is 2.34. The summed E-state index contributed by atoms with van der Waals surface area (Å²) >= 11 is 3.02. The third kappa shape index (κ3) is 4.47. The van der Waals surface area contributed by atoms with Gasteiger partial charge in [0.25, 0.3) is 5.91 Å². The predicted octanol–water partition coefficient (Wildman–Crippen LogP) is 3.04. The van der Waals surface area contributed by atoms with Crippen molar-refractivity contribution in [1.82, 2.24) is 14.6 Å². The van der Waals surface area contributed by atoms with Crippen LogP contribution in [0.2, 0.25) is 0 Å². The van der Waals surface area contributed by atoms with E-state index in [0.29, 0.717) is 24.4 Å². The number of thiazole rings is 1. The molecular weight excluding hydrogens is 390 g/mol. The first-order valence-corrected chi connectivity index (χ1v) is 11.5. The lowest BCUT2D eigenvalue weighted by Crippen LogP contribution is -2.30. The van der Waals surface area contributed by atoms with E-state index in [2.05, 4.69) is 10.3 Å². The molecule has 0 fully saturated rings. The average molecular weight is 410 g/mol. The molecule has 2 aromatic heterocycles. The monoisotopic (exact) mass is 409 g/mol. The lowest BCUT2D eigenvalue weighted by molar-refractivity contribution is 0.0957. The van der Waals surface area contributed by atoms with Crippen LogP contribution >= 0.6 is 22.7 Å². The van der Waals surface area contributed by atoms with E-state index < -0.39 is 10.0 Å². The smallest absolute Gasteiger partial charge is 0.261 e. The number of thiophene rings is 1. The number of benzene rings is 1. The number of hydrogen-bond donors (Lipinski definition) is 1. The number of aromatic nitrogens is 1. The number of amides is 1. The average Bonchev–Trinajstić information content (AvgIpc) is 3.23. The zero-order valence-electron chi connectivity index (χ0n) is 14.4. The molecule has 6 nitrogen and oxygen atoms in total. The van der Waals surface area contributed by atoms with Gasteiger partial charge in [-0.15, -0.1) is 22.7 Å². The van der Waals surface area contributed by atoms with Crippen LogP contribution in [0.1, 0.15) is 16.1 Å². The lowest BCUT2D eigenvalue weighted by Gasteiger charge is -2.13. The van der Waals surface area contributed by atoms with Crippen LogP contribution < -0.4 is 5.32 Å². The van der Waals surface area contributed by atoms with Crippen molar-refractivity contribution >= 4 is 48.8 Å². The maximum Gasteiger partial charge on any atom is 0.261 e. The Hall–Kier alpha value is -1.81. The van der Waals surface area contributed by atoms with Gasteiger partial charge < -0.3 is 5.32 Å². The minimum absolute atomic E-state index is 0.149. The van der Waals surface area contributed by atoms with E-state index >= 15 is 0 Å². The first-order valence-electron chi connectivity index (χ1n) is 8.00. The number of hydrogen-bond acceptors (Lipinski definition) is 6. The molecule has 3 rings (SSSR count). The number of fused-ring (bicyclic) bond motifs is 1. The van der Waals surface area contributed by atoms with Crippen LogP contribution in [-0.4, -0.2) is 50.0 Å². The van der Waals surface area contributed by atoms with E-state index in [9.17, 15) is 13.2 Å². The summed E-state index contributed by atoms with van der Waals surface area (Å²) in [6.45, 7) is 0.799. The maximum absolute atomic E-state index is 12.3. The van der Waals surface area contributed by atoms with Gasteiger partial charge in [0.1, 0.15) is 5.01 Å². The van der Waals surface area contributed by atoms with Crippen molar-refractivity contribution in [3.8, 4) is 9.88 Å². The second kappa shape index (κ2) is 7.83. The fourth-order valence-electron chi connectivity index (χ4n) is 2.31. The highest BCUT2D eigenvalue weighted by atomic mass is 32.2. The molecule has 0 unspecified atom stereocenters. The highest BCUT2D eigenvalue weighted by Gasteiger charge is 2.14. The Bertz CT molecular complexity index is 991. The van der Waals surface area contributed by atoms with Gasteiger partial charge in [-0.1, -0.05) is 12.1 Å². The van der Waals surface area contributed by atoms with Crippen molar-refractivity contribution < 1.29 is 13.2 Å². The second-order valence-electron chi connectivity index (χ2n) is 5.84.